The van der Waals surface area contributed by atoms with Gasteiger partial charge in [0.05, 0.1) is 30.3 Å². The Bertz CT molecular complexity index is 560. The van der Waals surface area contributed by atoms with Crippen LogP contribution in [0.1, 0.15) is 23.7 Å². The number of amides is 2. The summed E-state index contributed by atoms with van der Waals surface area (Å²) in [6.07, 6.45) is 0.899. The molecule has 1 fully saturated rings. The van der Waals surface area contributed by atoms with E-state index in [1.165, 1.54) is 0 Å². The van der Waals surface area contributed by atoms with Crippen molar-refractivity contribution in [1.82, 2.24) is 10.2 Å². The molecular formula is C16H22ClN3O3. The first kappa shape index (κ1) is 17.6. The number of nitrogens with one attached hydrogen (secondary N) is 2. The summed E-state index contributed by atoms with van der Waals surface area (Å²) in [5.74, 6) is -0.165. The van der Waals surface area contributed by atoms with Gasteiger partial charge in [-0.1, -0.05) is 18.5 Å². The first-order valence-corrected chi connectivity index (χ1v) is 8.16. The molecule has 0 aromatic heterocycles. The zero-order chi connectivity index (χ0) is 16.7. The van der Waals surface area contributed by atoms with Crippen molar-refractivity contribution in [2.24, 2.45) is 0 Å². The number of carbonyl (C=O) groups excluding carboxylic acids is 2. The lowest BCUT2D eigenvalue weighted by molar-refractivity contribution is -0.119. The van der Waals surface area contributed by atoms with E-state index < -0.39 is 0 Å². The Hall–Kier alpha value is -1.79. The molecule has 1 aromatic rings. The Morgan fingerprint density at radius 3 is 2.70 bits per heavy atom. The third-order valence-corrected chi connectivity index (χ3v) is 3.84. The summed E-state index contributed by atoms with van der Waals surface area (Å²) in [6.45, 7) is 5.09. The molecule has 0 aliphatic carbocycles. The van der Waals surface area contributed by atoms with Crippen molar-refractivity contribution in [3.8, 4) is 0 Å². The lowest BCUT2D eigenvalue weighted by atomic mass is 10.1. The molecular weight excluding hydrogens is 318 g/mol. The minimum atomic E-state index is -0.0921. The molecule has 7 heteroatoms. The van der Waals surface area contributed by atoms with Crippen LogP contribution >= 0.6 is 11.6 Å². The average Bonchev–Trinajstić information content (AvgIpc) is 2.58. The summed E-state index contributed by atoms with van der Waals surface area (Å²) in [6, 6.07) is 5.11. The zero-order valence-corrected chi connectivity index (χ0v) is 14.0. The van der Waals surface area contributed by atoms with Gasteiger partial charge < -0.3 is 20.3 Å². The first-order valence-electron chi connectivity index (χ1n) is 7.79. The average molecular weight is 340 g/mol. The molecule has 0 saturated carbocycles. The smallest absolute Gasteiger partial charge is 0.255 e. The van der Waals surface area contributed by atoms with Crippen LogP contribution in [0.3, 0.4) is 0 Å². The van der Waals surface area contributed by atoms with E-state index in [1.807, 2.05) is 6.92 Å². The van der Waals surface area contributed by atoms with Gasteiger partial charge in [-0.05, 0) is 24.6 Å². The molecule has 2 amide bonds. The Morgan fingerprint density at radius 2 is 2.04 bits per heavy atom. The number of nitrogens with zero attached hydrogens (tertiary/aromatic N) is 1. The highest BCUT2D eigenvalue weighted by Crippen LogP contribution is 2.22. The van der Waals surface area contributed by atoms with Crippen LogP contribution in [0.25, 0.3) is 0 Å². The molecule has 126 valence electrons. The lowest BCUT2D eigenvalue weighted by Gasteiger charge is -2.27. The normalized spacial score (nSPS) is 14.4. The number of hydrogen-bond donors (Lipinski definition) is 2. The summed E-state index contributed by atoms with van der Waals surface area (Å²) < 4.78 is 5.24. The fourth-order valence-corrected chi connectivity index (χ4v) is 2.51. The van der Waals surface area contributed by atoms with Crippen LogP contribution in [-0.2, 0) is 9.53 Å². The van der Waals surface area contributed by atoms with Crippen molar-refractivity contribution in [2.45, 2.75) is 13.3 Å². The molecule has 1 saturated heterocycles. The highest BCUT2D eigenvalue weighted by molar-refractivity contribution is 6.34. The lowest BCUT2D eigenvalue weighted by Crippen LogP contribution is -2.40. The third-order valence-electron chi connectivity index (χ3n) is 3.52. The maximum Gasteiger partial charge on any atom is 0.255 e. The van der Waals surface area contributed by atoms with E-state index in [4.69, 9.17) is 16.3 Å². The van der Waals surface area contributed by atoms with Crippen LogP contribution in [0.4, 0.5) is 5.69 Å². The van der Waals surface area contributed by atoms with Gasteiger partial charge in [-0.25, -0.2) is 0 Å². The predicted octanol–water partition coefficient (Wildman–Crippen LogP) is 1.75. The predicted molar refractivity (Wildman–Crippen MR) is 90.0 cm³/mol. The van der Waals surface area contributed by atoms with Crippen molar-refractivity contribution in [2.75, 3.05) is 44.7 Å². The van der Waals surface area contributed by atoms with Crippen LogP contribution in [0.2, 0.25) is 5.02 Å². The number of halogens is 1. The van der Waals surface area contributed by atoms with Crippen LogP contribution in [0.5, 0.6) is 0 Å². The molecule has 6 nitrogen and oxygen atoms in total. The molecule has 1 aromatic carbocycles. The van der Waals surface area contributed by atoms with Gasteiger partial charge in [0.25, 0.3) is 5.91 Å². The Balaban J connectivity index is 1.94. The minimum Gasteiger partial charge on any atom is -0.378 e. The second-order valence-corrected chi connectivity index (χ2v) is 5.71. The Morgan fingerprint density at radius 1 is 1.30 bits per heavy atom. The second-order valence-electron chi connectivity index (χ2n) is 5.30. The number of morpholine rings is 1. The highest BCUT2D eigenvalue weighted by Gasteiger charge is 2.20. The topological polar surface area (TPSA) is 70.7 Å². The Kier molecular flexibility index (Phi) is 6.67. The fourth-order valence-electron chi connectivity index (χ4n) is 2.24. The van der Waals surface area contributed by atoms with Crippen LogP contribution in [0.15, 0.2) is 18.2 Å². The summed E-state index contributed by atoms with van der Waals surface area (Å²) in [5, 5.41) is 6.16. The number of ether oxygens (including phenoxy) is 1. The van der Waals surface area contributed by atoms with E-state index in [-0.39, 0.29) is 18.4 Å². The van der Waals surface area contributed by atoms with Gasteiger partial charge in [0.15, 0.2) is 0 Å². The molecule has 1 aliphatic heterocycles. The SMILES string of the molecule is CCCNC(=O)CNc1ccc(C(=O)N2CCOCC2)c(Cl)c1. The molecule has 23 heavy (non-hydrogen) atoms. The van der Waals surface area contributed by atoms with Crippen molar-refractivity contribution in [3.63, 3.8) is 0 Å². The van der Waals surface area contributed by atoms with Crippen LogP contribution < -0.4 is 10.6 Å². The zero-order valence-electron chi connectivity index (χ0n) is 13.2. The molecule has 0 spiro atoms. The van der Waals surface area contributed by atoms with Crippen LogP contribution in [-0.4, -0.2) is 56.1 Å². The molecule has 0 atom stereocenters. The van der Waals surface area contributed by atoms with Gasteiger partial charge in [-0.3, -0.25) is 9.59 Å². The van der Waals surface area contributed by atoms with Gasteiger partial charge >= 0.3 is 0 Å². The largest absolute Gasteiger partial charge is 0.378 e. The molecule has 0 unspecified atom stereocenters. The Labute approximate surface area is 141 Å². The van der Waals surface area contributed by atoms with E-state index in [0.717, 1.165) is 6.42 Å². The molecule has 2 N–H and O–H groups in total. The number of anilines is 1. The van der Waals surface area contributed by atoms with Gasteiger partial charge in [0.1, 0.15) is 0 Å². The van der Waals surface area contributed by atoms with E-state index in [0.29, 0.717) is 49.1 Å². The van der Waals surface area contributed by atoms with E-state index in [2.05, 4.69) is 10.6 Å². The first-order chi connectivity index (χ1) is 11.1. The second kappa shape index (κ2) is 8.74. The molecule has 1 heterocycles. The van der Waals surface area contributed by atoms with Gasteiger partial charge in [-0.15, -0.1) is 0 Å². The van der Waals surface area contributed by atoms with Gasteiger partial charge in [0, 0.05) is 25.3 Å². The monoisotopic (exact) mass is 339 g/mol. The van der Waals surface area contributed by atoms with E-state index >= 15 is 0 Å². The standard InChI is InChI=1S/C16H22ClN3O3/c1-2-5-18-15(21)11-19-12-3-4-13(14(17)10-12)16(22)20-6-8-23-9-7-20/h3-4,10,19H,2,5-9,11H2,1H3,(H,18,21). The molecule has 0 bridgehead atoms. The number of carbonyl (C=O) groups is 2. The quantitative estimate of drug-likeness (QED) is 0.828. The number of rotatable bonds is 6. The van der Waals surface area contributed by atoms with Crippen molar-refractivity contribution in [3.05, 3.63) is 28.8 Å². The highest BCUT2D eigenvalue weighted by atomic mass is 35.5. The van der Waals surface area contributed by atoms with Crippen LogP contribution in [0, 0.1) is 0 Å². The number of hydrogen-bond acceptors (Lipinski definition) is 4. The molecule has 2 rings (SSSR count). The van der Waals surface area contributed by atoms with Crippen molar-refractivity contribution >= 4 is 29.1 Å². The van der Waals surface area contributed by atoms with E-state index in [1.54, 1.807) is 23.1 Å². The van der Waals surface area contributed by atoms with Gasteiger partial charge in [0.2, 0.25) is 5.91 Å². The molecule has 1 aliphatic rings. The van der Waals surface area contributed by atoms with Gasteiger partial charge in [-0.2, -0.15) is 0 Å². The molecule has 0 radical (unpaired) electrons. The van der Waals surface area contributed by atoms with E-state index in [9.17, 15) is 9.59 Å². The third kappa shape index (κ3) is 5.11. The van der Waals surface area contributed by atoms with Crippen molar-refractivity contribution in [1.29, 1.82) is 0 Å². The summed E-state index contributed by atoms with van der Waals surface area (Å²) >= 11 is 6.22. The maximum absolute atomic E-state index is 12.4. The fraction of sp³-hybridized carbons (Fsp3) is 0.500. The summed E-state index contributed by atoms with van der Waals surface area (Å²) in [7, 11) is 0. The van der Waals surface area contributed by atoms with Crippen molar-refractivity contribution < 1.29 is 14.3 Å². The minimum absolute atomic E-state index is 0.0727. The summed E-state index contributed by atoms with van der Waals surface area (Å²) in [5.41, 5.74) is 1.18. The maximum atomic E-state index is 12.4. The summed E-state index contributed by atoms with van der Waals surface area (Å²) in [4.78, 5) is 25.7. The number of benzene rings is 1.